The van der Waals surface area contributed by atoms with Crippen molar-refractivity contribution in [3.63, 3.8) is 0 Å². The molecule has 102 valence electrons. The minimum absolute atomic E-state index is 0.0215. The summed E-state index contributed by atoms with van der Waals surface area (Å²) in [6, 6.07) is 15.0. The number of hydrogen-bond acceptors (Lipinski definition) is 3. The molecule has 1 aliphatic heterocycles. The van der Waals surface area contributed by atoms with E-state index in [1.54, 1.807) is 29.2 Å². The SMILES string of the molecule is Nc1ccc(OCC(=O)N2CCc3ccccc32)cc1. The topological polar surface area (TPSA) is 55.6 Å². The first kappa shape index (κ1) is 12.5. The maximum absolute atomic E-state index is 12.2. The molecule has 4 heteroatoms. The van der Waals surface area contributed by atoms with Crippen molar-refractivity contribution in [3.05, 3.63) is 54.1 Å². The lowest BCUT2D eigenvalue weighted by Crippen LogP contribution is -2.33. The number of anilines is 2. The molecular weight excluding hydrogens is 252 g/mol. The molecule has 1 heterocycles. The van der Waals surface area contributed by atoms with Crippen LogP contribution in [0.25, 0.3) is 0 Å². The van der Waals surface area contributed by atoms with Crippen LogP contribution in [0.15, 0.2) is 48.5 Å². The molecule has 0 bridgehead atoms. The molecule has 2 N–H and O–H groups in total. The number of amides is 1. The van der Waals surface area contributed by atoms with Gasteiger partial charge in [0.05, 0.1) is 0 Å². The third-order valence-electron chi connectivity index (χ3n) is 3.43. The maximum atomic E-state index is 12.2. The highest BCUT2D eigenvalue weighted by Gasteiger charge is 2.24. The van der Waals surface area contributed by atoms with Gasteiger partial charge in [-0.3, -0.25) is 4.79 Å². The molecule has 0 saturated carbocycles. The number of nitrogen functional groups attached to an aromatic ring is 1. The summed E-state index contributed by atoms with van der Waals surface area (Å²) in [5.41, 5.74) is 8.50. The molecule has 1 amide bonds. The van der Waals surface area contributed by atoms with E-state index < -0.39 is 0 Å². The number of ether oxygens (including phenoxy) is 1. The van der Waals surface area contributed by atoms with Crippen LogP contribution in [-0.2, 0) is 11.2 Å². The average molecular weight is 268 g/mol. The smallest absolute Gasteiger partial charge is 0.264 e. The standard InChI is InChI=1S/C16H16N2O2/c17-13-5-7-14(8-6-13)20-11-16(19)18-10-9-12-3-1-2-4-15(12)18/h1-8H,9-11,17H2. The summed E-state index contributed by atoms with van der Waals surface area (Å²) in [6.45, 7) is 0.765. The monoisotopic (exact) mass is 268 g/mol. The van der Waals surface area contributed by atoms with E-state index >= 15 is 0 Å². The Morgan fingerprint density at radius 2 is 1.90 bits per heavy atom. The lowest BCUT2D eigenvalue weighted by molar-refractivity contribution is -0.120. The number of hydrogen-bond donors (Lipinski definition) is 1. The van der Waals surface area contributed by atoms with Crippen LogP contribution in [0.3, 0.4) is 0 Å². The van der Waals surface area contributed by atoms with Crippen molar-refractivity contribution in [1.82, 2.24) is 0 Å². The number of para-hydroxylation sites is 1. The number of benzene rings is 2. The summed E-state index contributed by atoms with van der Waals surface area (Å²) in [4.78, 5) is 14.0. The van der Waals surface area contributed by atoms with Crippen molar-refractivity contribution in [2.75, 3.05) is 23.8 Å². The Kier molecular flexibility index (Phi) is 3.29. The summed E-state index contributed by atoms with van der Waals surface area (Å²) in [7, 11) is 0. The van der Waals surface area contributed by atoms with Gasteiger partial charge >= 0.3 is 0 Å². The molecule has 0 fully saturated rings. The molecule has 0 saturated heterocycles. The zero-order chi connectivity index (χ0) is 13.9. The van der Waals surface area contributed by atoms with Crippen molar-refractivity contribution in [2.24, 2.45) is 0 Å². The van der Waals surface area contributed by atoms with Gasteiger partial charge < -0.3 is 15.4 Å². The first-order chi connectivity index (χ1) is 9.74. The molecule has 0 atom stereocenters. The van der Waals surface area contributed by atoms with Gasteiger partial charge in [-0.05, 0) is 42.3 Å². The largest absolute Gasteiger partial charge is 0.484 e. The zero-order valence-corrected chi connectivity index (χ0v) is 11.1. The molecular formula is C16H16N2O2. The second kappa shape index (κ2) is 5.25. The van der Waals surface area contributed by atoms with E-state index in [1.807, 2.05) is 18.2 Å². The van der Waals surface area contributed by atoms with Crippen LogP contribution in [0.5, 0.6) is 5.75 Å². The Morgan fingerprint density at radius 1 is 1.15 bits per heavy atom. The van der Waals surface area contributed by atoms with Crippen LogP contribution in [0, 0.1) is 0 Å². The number of nitrogens with two attached hydrogens (primary N) is 1. The molecule has 2 aromatic rings. The highest BCUT2D eigenvalue weighted by molar-refractivity contribution is 5.96. The fourth-order valence-corrected chi connectivity index (χ4v) is 2.38. The summed E-state index contributed by atoms with van der Waals surface area (Å²) in [5, 5.41) is 0. The molecule has 0 aliphatic carbocycles. The highest BCUT2D eigenvalue weighted by Crippen LogP contribution is 2.27. The van der Waals surface area contributed by atoms with Crippen LogP contribution < -0.4 is 15.4 Å². The van der Waals surface area contributed by atoms with E-state index in [1.165, 1.54) is 5.56 Å². The van der Waals surface area contributed by atoms with Crippen LogP contribution in [0.4, 0.5) is 11.4 Å². The van der Waals surface area contributed by atoms with Crippen molar-refractivity contribution in [1.29, 1.82) is 0 Å². The summed E-state index contributed by atoms with van der Waals surface area (Å²) < 4.78 is 5.50. The van der Waals surface area contributed by atoms with Crippen molar-refractivity contribution < 1.29 is 9.53 Å². The molecule has 0 aromatic heterocycles. The van der Waals surface area contributed by atoms with Gasteiger partial charge in [0, 0.05) is 17.9 Å². The summed E-state index contributed by atoms with van der Waals surface area (Å²) in [6.07, 6.45) is 0.907. The van der Waals surface area contributed by atoms with E-state index in [2.05, 4.69) is 6.07 Å². The fourth-order valence-electron chi connectivity index (χ4n) is 2.38. The van der Waals surface area contributed by atoms with Crippen LogP contribution >= 0.6 is 0 Å². The second-order valence-electron chi connectivity index (χ2n) is 4.78. The molecule has 3 rings (SSSR count). The minimum atomic E-state index is -0.0215. The van der Waals surface area contributed by atoms with E-state index in [9.17, 15) is 4.79 Å². The van der Waals surface area contributed by atoms with Crippen LogP contribution in [-0.4, -0.2) is 19.1 Å². The van der Waals surface area contributed by atoms with Gasteiger partial charge in [0.2, 0.25) is 0 Å². The number of carbonyl (C=O) groups is 1. The van der Waals surface area contributed by atoms with Gasteiger partial charge in [-0.2, -0.15) is 0 Å². The average Bonchev–Trinajstić information content (AvgIpc) is 2.90. The predicted octanol–water partition coefficient (Wildman–Crippen LogP) is 2.24. The molecule has 2 aromatic carbocycles. The highest BCUT2D eigenvalue weighted by atomic mass is 16.5. The molecule has 20 heavy (non-hydrogen) atoms. The minimum Gasteiger partial charge on any atom is -0.484 e. The zero-order valence-electron chi connectivity index (χ0n) is 11.1. The van der Waals surface area contributed by atoms with Gasteiger partial charge in [0.1, 0.15) is 5.75 Å². The fraction of sp³-hybridized carbons (Fsp3) is 0.188. The van der Waals surface area contributed by atoms with Crippen LogP contribution in [0.1, 0.15) is 5.56 Å². The van der Waals surface area contributed by atoms with Crippen molar-refractivity contribution in [2.45, 2.75) is 6.42 Å². The van der Waals surface area contributed by atoms with Gasteiger partial charge in [-0.25, -0.2) is 0 Å². The first-order valence-corrected chi connectivity index (χ1v) is 6.60. The van der Waals surface area contributed by atoms with Gasteiger partial charge in [-0.1, -0.05) is 18.2 Å². The lowest BCUT2D eigenvalue weighted by atomic mass is 10.2. The van der Waals surface area contributed by atoms with E-state index in [0.29, 0.717) is 11.4 Å². The van der Waals surface area contributed by atoms with E-state index in [0.717, 1.165) is 18.7 Å². The molecule has 0 radical (unpaired) electrons. The van der Waals surface area contributed by atoms with Crippen molar-refractivity contribution >= 4 is 17.3 Å². The van der Waals surface area contributed by atoms with Gasteiger partial charge in [-0.15, -0.1) is 0 Å². The molecule has 0 spiro atoms. The third-order valence-corrected chi connectivity index (χ3v) is 3.43. The Morgan fingerprint density at radius 3 is 2.70 bits per heavy atom. The lowest BCUT2D eigenvalue weighted by Gasteiger charge is -2.17. The Bertz CT molecular complexity index is 623. The number of nitrogens with zero attached hydrogens (tertiary/aromatic N) is 1. The number of rotatable bonds is 3. The van der Waals surface area contributed by atoms with Crippen molar-refractivity contribution in [3.8, 4) is 5.75 Å². The summed E-state index contributed by atoms with van der Waals surface area (Å²) >= 11 is 0. The van der Waals surface area contributed by atoms with Gasteiger partial charge in [0.25, 0.3) is 5.91 Å². The first-order valence-electron chi connectivity index (χ1n) is 6.60. The molecule has 4 nitrogen and oxygen atoms in total. The molecule has 0 unspecified atom stereocenters. The molecule has 1 aliphatic rings. The Labute approximate surface area is 117 Å². The van der Waals surface area contributed by atoms with Crippen LogP contribution in [0.2, 0.25) is 0 Å². The Balaban J connectivity index is 1.65. The normalized spacial score (nSPS) is 13.1. The predicted molar refractivity (Wildman–Crippen MR) is 78.8 cm³/mol. The second-order valence-corrected chi connectivity index (χ2v) is 4.78. The quantitative estimate of drug-likeness (QED) is 0.868. The number of fused-ring (bicyclic) bond motifs is 1. The third kappa shape index (κ3) is 2.45. The van der Waals surface area contributed by atoms with Gasteiger partial charge in [0.15, 0.2) is 6.61 Å². The number of carbonyl (C=O) groups excluding carboxylic acids is 1. The Hall–Kier alpha value is -2.49. The summed E-state index contributed by atoms with van der Waals surface area (Å²) in [5.74, 6) is 0.631. The van der Waals surface area contributed by atoms with E-state index in [4.69, 9.17) is 10.5 Å². The maximum Gasteiger partial charge on any atom is 0.264 e. The van der Waals surface area contributed by atoms with E-state index in [-0.39, 0.29) is 12.5 Å².